The van der Waals surface area contributed by atoms with E-state index in [0.29, 0.717) is 37.8 Å². The Morgan fingerprint density at radius 2 is 1.62 bits per heavy atom. The van der Waals surface area contributed by atoms with Crippen LogP contribution in [0.1, 0.15) is 41.6 Å². The average molecular weight is 332 g/mol. The highest BCUT2D eigenvalue weighted by atomic mass is 16.4. The van der Waals surface area contributed by atoms with Gasteiger partial charge in [-0.05, 0) is 43.4 Å². The maximum atomic E-state index is 12.5. The second-order valence-corrected chi connectivity index (χ2v) is 6.36. The summed E-state index contributed by atoms with van der Waals surface area (Å²) in [5.41, 5.74) is 1.54. The molecule has 0 unspecified atom stereocenters. The molecule has 0 heterocycles. The van der Waals surface area contributed by atoms with Gasteiger partial charge in [-0.3, -0.25) is 14.4 Å². The van der Waals surface area contributed by atoms with Gasteiger partial charge in [-0.1, -0.05) is 12.1 Å². The molecular weight excluding hydrogens is 308 g/mol. The van der Waals surface area contributed by atoms with E-state index in [1.807, 2.05) is 12.1 Å². The van der Waals surface area contributed by atoms with Gasteiger partial charge >= 0.3 is 5.97 Å². The number of hydrogen-bond acceptors (Lipinski definition) is 3. The zero-order valence-electron chi connectivity index (χ0n) is 14.1. The van der Waals surface area contributed by atoms with Crippen molar-refractivity contribution in [1.82, 2.24) is 10.2 Å². The molecular formula is C18H24N2O4. The Balaban J connectivity index is 1.90. The van der Waals surface area contributed by atoms with Crippen LogP contribution in [-0.2, 0) is 16.1 Å². The Labute approximate surface area is 141 Å². The number of amides is 2. The Bertz CT molecular complexity index is 604. The SMILES string of the molecule is CNC(=O)c1ccc(CN(C)C(=O)C2CCC(C(=O)O)CC2)cc1. The lowest BCUT2D eigenvalue weighted by Gasteiger charge is -2.29. The molecule has 1 aromatic rings. The monoisotopic (exact) mass is 332 g/mol. The summed E-state index contributed by atoms with van der Waals surface area (Å²) in [4.78, 5) is 36.7. The number of hydrogen-bond donors (Lipinski definition) is 2. The van der Waals surface area contributed by atoms with Gasteiger partial charge in [-0.25, -0.2) is 0 Å². The van der Waals surface area contributed by atoms with E-state index >= 15 is 0 Å². The van der Waals surface area contributed by atoms with Gasteiger partial charge in [0, 0.05) is 32.1 Å². The standard InChI is InChI=1S/C18H24N2O4/c1-19-16(21)13-5-3-12(4-6-13)11-20(2)17(22)14-7-9-15(10-8-14)18(23)24/h3-6,14-15H,7-11H2,1-2H3,(H,19,21)(H,23,24). The van der Waals surface area contributed by atoms with Gasteiger partial charge in [0.15, 0.2) is 0 Å². The van der Waals surface area contributed by atoms with Crippen LogP contribution >= 0.6 is 0 Å². The van der Waals surface area contributed by atoms with Crippen molar-refractivity contribution in [1.29, 1.82) is 0 Å². The van der Waals surface area contributed by atoms with Crippen LogP contribution in [0.15, 0.2) is 24.3 Å². The van der Waals surface area contributed by atoms with Crippen LogP contribution in [0.3, 0.4) is 0 Å². The minimum Gasteiger partial charge on any atom is -0.481 e. The molecule has 1 saturated carbocycles. The van der Waals surface area contributed by atoms with Crippen LogP contribution in [-0.4, -0.2) is 41.9 Å². The number of nitrogens with one attached hydrogen (secondary N) is 1. The molecule has 2 amide bonds. The maximum absolute atomic E-state index is 12.5. The summed E-state index contributed by atoms with van der Waals surface area (Å²) < 4.78 is 0. The van der Waals surface area contributed by atoms with Crippen molar-refractivity contribution in [2.45, 2.75) is 32.2 Å². The highest BCUT2D eigenvalue weighted by Gasteiger charge is 2.31. The quantitative estimate of drug-likeness (QED) is 0.862. The molecule has 0 spiro atoms. The Hall–Kier alpha value is -2.37. The average Bonchev–Trinajstić information content (AvgIpc) is 2.61. The summed E-state index contributed by atoms with van der Waals surface area (Å²) >= 11 is 0. The second-order valence-electron chi connectivity index (χ2n) is 6.36. The topological polar surface area (TPSA) is 86.7 Å². The molecule has 24 heavy (non-hydrogen) atoms. The minimum atomic E-state index is -0.759. The molecule has 0 bridgehead atoms. The lowest BCUT2D eigenvalue weighted by Crippen LogP contribution is -2.35. The molecule has 1 aliphatic rings. The fraction of sp³-hybridized carbons (Fsp3) is 0.500. The van der Waals surface area contributed by atoms with E-state index in [1.54, 1.807) is 31.1 Å². The van der Waals surface area contributed by atoms with Gasteiger partial charge in [-0.2, -0.15) is 0 Å². The van der Waals surface area contributed by atoms with Crippen LogP contribution in [0, 0.1) is 11.8 Å². The first kappa shape index (κ1) is 18.0. The Kier molecular flexibility index (Phi) is 5.95. The molecule has 0 aliphatic heterocycles. The van der Waals surface area contributed by atoms with E-state index < -0.39 is 5.97 Å². The zero-order valence-corrected chi connectivity index (χ0v) is 14.1. The fourth-order valence-electron chi connectivity index (χ4n) is 3.16. The van der Waals surface area contributed by atoms with Crippen molar-refractivity contribution in [3.8, 4) is 0 Å². The normalized spacial score (nSPS) is 20.2. The van der Waals surface area contributed by atoms with Crippen molar-refractivity contribution in [3.05, 3.63) is 35.4 Å². The van der Waals surface area contributed by atoms with E-state index in [-0.39, 0.29) is 23.7 Å². The number of carboxylic acids is 1. The molecule has 1 aromatic carbocycles. The molecule has 6 nitrogen and oxygen atoms in total. The van der Waals surface area contributed by atoms with Crippen LogP contribution in [0.2, 0.25) is 0 Å². The van der Waals surface area contributed by atoms with E-state index in [0.717, 1.165) is 5.56 Å². The lowest BCUT2D eigenvalue weighted by atomic mass is 9.81. The van der Waals surface area contributed by atoms with E-state index in [1.165, 1.54) is 0 Å². The van der Waals surface area contributed by atoms with Crippen molar-refractivity contribution >= 4 is 17.8 Å². The number of benzene rings is 1. The third-order valence-corrected chi connectivity index (χ3v) is 4.66. The van der Waals surface area contributed by atoms with Crippen LogP contribution in [0.25, 0.3) is 0 Å². The molecule has 0 saturated heterocycles. The molecule has 130 valence electrons. The number of carbonyl (C=O) groups is 3. The first-order chi connectivity index (χ1) is 11.4. The highest BCUT2D eigenvalue weighted by Crippen LogP contribution is 2.30. The van der Waals surface area contributed by atoms with Gasteiger partial charge < -0.3 is 15.3 Å². The van der Waals surface area contributed by atoms with Crippen molar-refractivity contribution in [3.63, 3.8) is 0 Å². The van der Waals surface area contributed by atoms with E-state index in [4.69, 9.17) is 5.11 Å². The van der Waals surface area contributed by atoms with Crippen LogP contribution in [0.4, 0.5) is 0 Å². The van der Waals surface area contributed by atoms with Crippen molar-refractivity contribution < 1.29 is 19.5 Å². The van der Waals surface area contributed by atoms with E-state index in [2.05, 4.69) is 5.32 Å². The molecule has 0 radical (unpaired) electrons. The summed E-state index contributed by atoms with van der Waals surface area (Å²) in [5.74, 6) is -1.23. The maximum Gasteiger partial charge on any atom is 0.306 e. The zero-order chi connectivity index (χ0) is 17.7. The number of rotatable bonds is 5. The molecule has 1 fully saturated rings. The van der Waals surface area contributed by atoms with Crippen LogP contribution in [0.5, 0.6) is 0 Å². The van der Waals surface area contributed by atoms with E-state index in [9.17, 15) is 14.4 Å². The molecule has 0 atom stereocenters. The molecule has 2 rings (SSSR count). The Morgan fingerprint density at radius 1 is 1.08 bits per heavy atom. The number of carboxylic acid groups (broad SMARTS) is 1. The largest absolute Gasteiger partial charge is 0.481 e. The summed E-state index contributed by atoms with van der Waals surface area (Å²) in [6.07, 6.45) is 2.41. The summed E-state index contributed by atoms with van der Waals surface area (Å²) in [7, 11) is 3.35. The number of carbonyl (C=O) groups excluding carboxylic acids is 2. The Morgan fingerprint density at radius 3 is 2.12 bits per heavy atom. The van der Waals surface area contributed by atoms with Crippen molar-refractivity contribution in [2.24, 2.45) is 11.8 Å². The third kappa shape index (κ3) is 4.34. The minimum absolute atomic E-state index is 0.0641. The molecule has 6 heteroatoms. The first-order valence-corrected chi connectivity index (χ1v) is 8.21. The second kappa shape index (κ2) is 7.95. The predicted octanol–water partition coefficient (Wildman–Crippen LogP) is 1.90. The predicted molar refractivity (Wildman–Crippen MR) is 89.4 cm³/mol. The van der Waals surface area contributed by atoms with Gasteiger partial charge in [0.25, 0.3) is 5.91 Å². The molecule has 0 aromatic heterocycles. The number of nitrogens with zero attached hydrogens (tertiary/aromatic N) is 1. The summed E-state index contributed by atoms with van der Waals surface area (Å²) in [5, 5.41) is 11.6. The lowest BCUT2D eigenvalue weighted by molar-refractivity contribution is -0.145. The van der Waals surface area contributed by atoms with Gasteiger partial charge in [0.1, 0.15) is 0 Å². The van der Waals surface area contributed by atoms with Crippen molar-refractivity contribution in [2.75, 3.05) is 14.1 Å². The van der Waals surface area contributed by atoms with Gasteiger partial charge in [-0.15, -0.1) is 0 Å². The van der Waals surface area contributed by atoms with Gasteiger partial charge in [0.05, 0.1) is 5.92 Å². The fourth-order valence-corrected chi connectivity index (χ4v) is 3.16. The first-order valence-electron chi connectivity index (χ1n) is 8.21. The van der Waals surface area contributed by atoms with Crippen LogP contribution < -0.4 is 5.32 Å². The number of aliphatic carboxylic acids is 1. The summed E-state index contributed by atoms with van der Waals surface area (Å²) in [6.45, 7) is 0.478. The molecule has 1 aliphatic carbocycles. The third-order valence-electron chi connectivity index (χ3n) is 4.66. The summed E-state index contributed by atoms with van der Waals surface area (Å²) in [6, 6.07) is 7.17. The smallest absolute Gasteiger partial charge is 0.306 e. The highest BCUT2D eigenvalue weighted by molar-refractivity contribution is 5.93. The molecule has 2 N–H and O–H groups in total. The van der Waals surface area contributed by atoms with Gasteiger partial charge in [0.2, 0.25) is 5.91 Å².